The summed E-state index contributed by atoms with van der Waals surface area (Å²) in [4.78, 5) is 19.1. The molecule has 0 unspecified atom stereocenters. The maximum atomic E-state index is 13.1. The number of aromatic nitrogens is 3. The number of amides is 1. The Kier molecular flexibility index (Phi) is 4.76. The van der Waals surface area contributed by atoms with Crippen LogP contribution in [0.15, 0.2) is 24.7 Å². The molecule has 1 aromatic carbocycles. The predicted octanol–water partition coefficient (Wildman–Crippen LogP) is -0.139. The number of methoxy groups -OCH3 is 2. The second-order valence-corrected chi connectivity index (χ2v) is 8.10. The van der Waals surface area contributed by atoms with Crippen molar-refractivity contribution in [1.82, 2.24) is 23.8 Å². The van der Waals surface area contributed by atoms with Gasteiger partial charge >= 0.3 is 0 Å². The van der Waals surface area contributed by atoms with Crippen LogP contribution in [-0.4, -0.2) is 78.5 Å². The number of piperazine rings is 1. The molecular formula is C17H20N6O5S. The van der Waals surface area contributed by atoms with Crippen LogP contribution in [0.2, 0.25) is 0 Å². The topological polar surface area (TPSA) is 132 Å². The lowest BCUT2D eigenvalue weighted by Gasteiger charge is -2.32. The molecule has 3 heterocycles. The van der Waals surface area contributed by atoms with Crippen molar-refractivity contribution in [3.8, 4) is 11.5 Å². The van der Waals surface area contributed by atoms with Crippen molar-refractivity contribution < 1.29 is 22.7 Å². The molecule has 1 aliphatic rings. The van der Waals surface area contributed by atoms with Gasteiger partial charge in [0.25, 0.3) is 16.1 Å². The molecule has 1 saturated heterocycles. The highest BCUT2D eigenvalue weighted by Crippen LogP contribution is 2.34. The molecule has 29 heavy (non-hydrogen) atoms. The standard InChI is InChI=1S/C17H20N6O5S/c1-27-14-7-11-13(8-15(14)28-2)19-10-23-16(11)12(9-20-23)17(24)21-3-5-22(6-4-21)29(18,25)26/h7-10H,3-6H2,1-2H3,(H2,18,25,26). The summed E-state index contributed by atoms with van der Waals surface area (Å²) in [7, 11) is -0.690. The van der Waals surface area contributed by atoms with E-state index < -0.39 is 10.2 Å². The molecule has 2 N–H and O–H groups in total. The van der Waals surface area contributed by atoms with Crippen LogP contribution in [0.25, 0.3) is 16.4 Å². The van der Waals surface area contributed by atoms with Gasteiger partial charge < -0.3 is 14.4 Å². The first-order chi connectivity index (χ1) is 13.8. The Hall–Kier alpha value is -2.96. The number of carbonyl (C=O) groups excluding carboxylic acids is 1. The summed E-state index contributed by atoms with van der Waals surface area (Å²) in [6.07, 6.45) is 3.01. The fourth-order valence-electron chi connectivity index (χ4n) is 3.47. The molecule has 1 amide bonds. The first-order valence-corrected chi connectivity index (χ1v) is 10.3. The maximum absolute atomic E-state index is 13.1. The van der Waals surface area contributed by atoms with E-state index in [1.165, 1.54) is 31.3 Å². The van der Waals surface area contributed by atoms with E-state index in [1.54, 1.807) is 17.0 Å². The summed E-state index contributed by atoms with van der Waals surface area (Å²) in [5.74, 6) is 0.802. The van der Waals surface area contributed by atoms with Crippen LogP contribution in [0, 0.1) is 0 Å². The van der Waals surface area contributed by atoms with E-state index in [-0.39, 0.29) is 32.1 Å². The lowest BCUT2D eigenvalue weighted by molar-refractivity contribution is 0.0700. The van der Waals surface area contributed by atoms with E-state index in [2.05, 4.69) is 10.1 Å². The van der Waals surface area contributed by atoms with Crippen LogP contribution in [0.3, 0.4) is 0 Å². The Morgan fingerprint density at radius 3 is 2.38 bits per heavy atom. The number of ether oxygens (including phenoxy) is 2. The van der Waals surface area contributed by atoms with Crippen LogP contribution < -0.4 is 14.6 Å². The first kappa shape index (κ1) is 19.4. The largest absolute Gasteiger partial charge is 0.493 e. The van der Waals surface area contributed by atoms with Gasteiger partial charge in [-0.3, -0.25) is 4.79 Å². The second kappa shape index (κ2) is 7.13. The number of fused-ring (bicyclic) bond motifs is 3. The molecule has 12 heteroatoms. The van der Waals surface area contributed by atoms with E-state index in [0.717, 1.165) is 4.31 Å². The Balaban J connectivity index is 1.74. The molecule has 3 aromatic rings. The van der Waals surface area contributed by atoms with Gasteiger partial charge in [0.05, 0.1) is 37.0 Å². The quantitative estimate of drug-likeness (QED) is 0.621. The molecule has 0 atom stereocenters. The third-order valence-corrected chi connectivity index (χ3v) is 6.06. The molecule has 11 nitrogen and oxygen atoms in total. The zero-order chi connectivity index (χ0) is 20.8. The van der Waals surface area contributed by atoms with Crippen LogP contribution in [0.4, 0.5) is 0 Å². The maximum Gasteiger partial charge on any atom is 0.277 e. The molecule has 154 valence electrons. The van der Waals surface area contributed by atoms with Gasteiger partial charge in [0.15, 0.2) is 11.5 Å². The third-order valence-electron chi connectivity index (χ3n) is 4.97. The normalized spacial score (nSPS) is 15.8. The fraction of sp³-hybridized carbons (Fsp3) is 0.353. The van der Waals surface area contributed by atoms with Crippen LogP contribution in [0.1, 0.15) is 10.4 Å². The minimum atomic E-state index is -3.76. The van der Waals surface area contributed by atoms with E-state index in [0.29, 0.717) is 33.5 Å². The van der Waals surface area contributed by atoms with E-state index in [9.17, 15) is 13.2 Å². The molecule has 0 aliphatic carbocycles. The SMILES string of the molecule is COc1cc2ncn3ncc(C(=O)N4CCN(S(N)(=O)=O)CC4)c3c2cc1OC. The zero-order valence-corrected chi connectivity index (χ0v) is 16.7. The highest BCUT2D eigenvalue weighted by molar-refractivity contribution is 7.86. The first-order valence-electron chi connectivity index (χ1n) is 8.78. The molecule has 2 aromatic heterocycles. The summed E-state index contributed by atoms with van der Waals surface area (Å²) in [5, 5.41) is 10.1. The van der Waals surface area contributed by atoms with Crippen molar-refractivity contribution in [2.75, 3.05) is 40.4 Å². The molecule has 0 bridgehead atoms. The fourth-order valence-corrected chi connectivity index (χ4v) is 4.14. The van der Waals surface area contributed by atoms with E-state index in [1.807, 2.05) is 0 Å². The van der Waals surface area contributed by atoms with Gasteiger partial charge in [0, 0.05) is 37.6 Å². The van der Waals surface area contributed by atoms with E-state index in [4.69, 9.17) is 14.6 Å². The lowest BCUT2D eigenvalue weighted by atomic mass is 10.1. The van der Waals surface area contributed by atoms with Crippen molar-refractivity contribution in [3.05, 3.63) is 30.2 Å². The van der Waals surface area contributed by atoms with Gasteiger partial charge in [-0.1, -0.05) is 0 Å². The average molecular weight is 420 g/mol. The van der Waals surface area contributed by atoms with Crippen molar-refractivity contribution in [3.63, 3.8) is 0 Å². The molecule has 0 spiro atoms. The molecular weight excluding hydrogens is 400 g/mol. The van der Waals surface area contributed by atoms with Crippen LogP contribution in [0.5, 0.6) is 11.5 Å². The molecule has 4 rings (SSSR count). The van der Waals surface area contributed by atoms with Crippen molar-refractivity contribution in [1.29, 1.82) is 0 Å². The van der Waals surface area contributed by atoms with Gasteiger partial charge in [-0.05, 0) is 6.07 Å². The number of hydrogen-bond acceptors (Lipinski definition) is 7. The van der Waals surface area contributed by atoms with Gasteiger partial charge in [0.1, 0.15) is 6.33 Å². The van der Waals surface area contributed by atoms with Gasteiger partial charge in [-0.25, -0.2) is 14.6 Å². The number of carbonyl (C=O) groups is 1. The van der Waals surface area contributed by atoms with Crippen molar-refractivity contribution in [2.24, 2.45) is 5.14 Å². The summed E-state index contributed by atoms with van der Waals surface area (Å²) < 4.78 is 36.4. The summed E-state index contributed by atoms with van der Waals surface area (Å²) in [5.41, 5.74) is 1.62. The van der Waals surface area contributed by atoms with Crippen molar-refractivity contribution in [2.45, 2.75) is 0 Å². The molecule has 0 radical (unpaired) electrons. The summed E-state index contributed by atoms with van der Waals surface area (Å²) >= 11 is 0. The van der Waals surface area contributed by atoms with Gasteiger partial charge in [-0.15, -0.1) is 0 Å². The smallest absolute Gasteiger partial charge is 0.277 e. The summed E-state index contributed by atoms with van der Waals surface area (Å²) in [6.45, 7) is 0.785. The zero-order valence-electron chi connectivity index (χ0n) is 15.9. The third kappa shape index (κ3) is 3.34. The van der Waals surface area contributed by atoms with Crippen LogP contribution in [-0.2, 0) is 10.2 Å². The monoisotopic (exact) mass is 420 g/mol. The number of hydrogen-bond donors (Lipinski definition) is 1. The van der Waals surface area contributed by atoms with Gasteiger partial charge in [-0.2, -0.15) is 17.8 Å². The highest BCUT2D eigenvalue weighted by atomic mass is 32.2. The Morgan fingerprint density at radius 2 is 1.76 bits per heavy atom. The van der Waals surface area contributed by atoms with Crippen molar-refractivity contribution >= 4 is 32.5 Å². The Labute approximate surface area is 166 Å². The lowest BCUT2D eigenvalue weighted by Crippen LogP contribution is -2.52. The van der Waals surface area contributed by atoms with Crippen LogP contribution >= 0.6 is 0 Å². The van der Waals surface area contributed by atoms with E-state index >= 15 is 0 Å². The number of nitrogens with zero attached hydrogens (tertiary/aromatic N) is 5. The molecule has 1 fully saturated rings. The predicted molar refractivity (Wildman–Crippen MR) is 104 cm³/mol. The Morgan fingerprint density at radius 1 is 1.10 bits per heavy atom. The Bertz CT molecular complexity index is 1200. The number of benzene rings is 1. The minimum absolute atomic E-state index is 0.150. The second-order valence-electron chi connectivity index (χ2n) is 6.56. The molecule has 1 aliphatic heterocycles. The highest BCUT2D eigenvalue weighted by Gasteiger charge is 2.29. The molecule has 0 saturated carbocycles. The summed E-state index contributed by atoms with van der Waals surface area (Å²) in [6, 6.07) is 3.49. The van der Waals surface area contributed by atoms with Gasteiger partial charge in [0.2, 0.25) is 0 Å². The number of nitrogens with two attached hydrogens (primary N) is 1. The minimum Gasteiger partial charge on any atom is -0.493 e. The average Bonchev–Trinajstić information content (AvgIpc) is 3.16. The number of rotatable bonds is 4.